The lowest BCUT2D eigenvalue weighted by Crippen LogP contribution is -2.55. The minimum absolute atomic E-state index is 0.316. The summed E-state index contributed by atoms with van der Waals surface area (Å²) in [4.78, 5) is 2.66. The highest BCUT2D eigenvalue weighted by Crippen LogP contribution is 2.39. The number of nitrogens with zero attached hydrogens (tertiary/aromatic N) is 1. The summed E-state index contributed by atoms with van der Waals surface area (Å²) in [7, 11) is 0. The van der Waals surface area contributed by atoms with Crippen LogP contribution < -0.4 is 5.73 Å². The van der Waals surface area contributed by atoms with Crippen LogP contribution in [0.4, 0.5) is 0 Å². The lowest BCUT2D eigenvalue weighted by Gasteiger charge is -2.44. The summed E-state index contributed by atoms with van der Waals surface area (Å²) in [6.45, 7) is 8.49. The maximum Gasteiger partial charge on any atom is 0.0599 e. The molecule has 0 amide bonds. The van der Waals surface area contributed by atoms with Gasteiger partial charge in [0.2, 0.25) is 0 Å². The molecule has 1 heterocycles. The first kappa shape index (κ1) is 13.3. The van der Waals surface area contributed by atoms with Crippen molar-refractivity contribution in [2.75, 3.05) is 26.2 Å². The van der Waals surface area contributed by atoms with Crippen LogP contribution >= 0.6 is 0 Å². The maximum atomic E-state index is 6.08. The number of hydrogen-bond acceptors (Lipinski definition) is 3. The van der Waals surface area contributed by atoms with Crippen molar-refractivity contribution < 1.29 is 4.74 Å². The quantitative estimate of drug-likeness (QED) is 0.817. The van der Waals surface area contributed by atoms with E-state index in [4.69, 9.17) is 10.5 Å². The summed E-state index contributed by atoms with van der Waals surface area (Å²) in [6, 6.07) is 0. The van der Waals surface area contributed by atoms with Gasteiger partial charge in [0.25, 0.3) is 0 Å². The van der Waals surface area contributed by atoms with Gasteiger partial charge in [0.05, 0.1) is 6.10 Å². The normalized spacial score (nSPS) is 36.5. The highest BCUT2D eigenvalue weighted by Gasteiger charge is 2.42. The van der Waals surface area contributed by atoms with E-state index in [1.165, 1.54) is 45.2 Å². The maximum absolute atomic E-state index is 6.08. The Kier molecular flexibility index (Phi) is 4.45. The van der Waals surface area contributed by atoms with Crippen LogP contribution in [0, 0.1) is 5.92 Å². The molecule has 17 heavy (non-hydrogen) atoms. The van der Waals surface area contributed by atoms with Gasteiger partial charge < -0.3 is 10.5 Å². The molecule has 0 aromatic carbocycles. The molecule has 100 valence electrons. The molecule has 1 saturated heterocycles. The third-order valence-corrected chi connectivity index (χ3v) is 4.73. The van der Waals surface area contributed by atoms with Gasteiger partial charge >= 0.3 is 0 Å². The van der Waals surface area contributed by atoms with Crippen molar-refractivity contribution in [1.29, 1.82) is 0 Å². The predicted molar refractivity (Wildman–Crippen MR) is 71.0 cm³/mol. The molecule has 0 aromatic rings. The van der Waals surface area contributed by atoms with Gasteiger partial charge in [-0.2, -0.15) is 0 Å². The van der Waals surface area contributed by atoms with Crippen molar-refractivity contribution in [3.05, 3.63) is 0 Å². The minimum atomic E-state index is 0.316. The minimum Gasteiger partial charge on any atom is -0.378 e. The molecule has 0 radical (unpaired) electrons. The summed E-state index contributed by atoms with van der Waals surface area (Å²) in [6.07, 6.45) is 6.80. The van der Waals surface area contributed by atoms with E-state index in [-0.39, 0.29) is 0 Å². The molecule has 2 aliphatic rings. The van der Waals surface area contributed by atoms with Gasteiger partial charge in [-0.15, -0.1) is 0 Å². The molecule has 3 heteroatoms. The first-order valence-electron chi connectivity index (χ1n) is 7.27. The topological polar surface area (TPSA) is 38.5 Å². The van der Waals surface area contributed by atoms with Gasteiger partial charge in [0, 0.05) is 31.8 Å². The number of hydrogen-bond donors (Lipinski definition) is 1. The number of piperidine rings is 1. The van der Waals surface area contributed by atoms with Crippen molar-refractivity contribution >= 4 is 0 Å². The monoisotopic (exact) mass is 240 g/mol. The van der Waals surface area contributed by atoms with Crippen LogP contribution in [-0.2, 0) is 4.74 Å². The summed E-state index contributed by atoms with van der Waals surface area (Å²) < 4.78 is 5.72. The van der Waals surface area contributed by atoms with Crippen molar-refractivity contribution in [3.63, 3.8) is 0 Å². The van der Waals surface area contributed by atoms with Crippen LogP contribution in [0.3, 0.4) is 0 Å². The Hall–Kier alpha value is -0.120. The van der Waals surface area contributed by atoms with E-state index in [0.29, 0.717) is 11.6 Å². The van der Waals surface area contributed by atoms with Crippen LogP contribution in [0.5, 0.6) is 0 Å². The largest absolute Gasteiger partial charge is 0.378 e. The molecule has 0 bridgehead atoms. The Morgan fingerprint density at radius 2 is 2.00 bits per heavy atom. The zero-order valence-corrected chi connectivity index (χ0v) is 11.5. The fourth-order valence-electron chi connectivity index (χ4n) is 3.70. The highest BCUT2D eigenvalue weighted by atomic mass is 16.5. The molecular weight excluding hydrogens is 212 g/mol. The third-order valence-electron chi connectivity index (χ3n) is 4.73. The number of rotatable bonds is 4. The van der Waals surface area contributed by atoms with E-state index in [1.807, 2.05) is 0 Å². The zero-order chi connectivity index (χ0) is 12.3. The van der Waals surface area contributed by atoms with Gasteiger partial charge in [0.1, 0.15) is 0 Å². The van der Waals surface area contributed by atoms with Crippen LogP contribution in [0.25, 0.3) is 0 Å². The second-order valence-corrected chi connectivity index (χ2v) is 5.92. The van der Waals surface area contributed by atoms with Crippen molar-refractivity contribution in [2.45, 2.75) is 57.6 Å². The van der Waals surface area contributed by atoms with Crippen molar-refractivity contribution in [3.8, 4) is 0 Å². The fraction of sp³-hybridized carbons (Fsp3) is 1.00. The van der Waals surface area contributed by atoms with Crippen LogP contribution in [0.2, 0.25) is 0 Å². The molecule has 3 nitrogen and oxygen atoms in total. The Morgan fingerprint density at radius 1 is 1.29 bits per heavy atom. The fourth-order valence-corrected chi connectivity index (χ4v) is 3.70. The predicted octanol–water partition coefficient (Wildman–Crippen LogP) is 2.00. The third kappa shape index (κ3) is 2.83. The number of ether oxygens (including phenoxy) is 1. The van der Waals surface area contributed by atoms with E-state index >= 15 is 0 Å². The van der Waals surface area contributed by atoms with Crippen molar-refractivity contribution in [1.82, 2.24) is 4.90 Å². The SMILES string of the molecule is CCOC1CCN(C2(CN)CCC(C)C2)CC1. The Labute approximate surface area is 106 Å². The first-order chi connectivity index (χ1) is 8.20. The molecule has 0 spiro atoms. The molecule has 2 N–H and O–H groups in total. The molecule has 0 aromatic heterocycles. The lowest BCUT2D eigenvalue weighted by molar-refractivity contribution is -0.0175. The summed E-state index contributed by atoms with van der Waals surface area (Å²) in [5.41, 5.74) is 6.40. The Balaban J connectivity index is 1.90. The highest BCUT2D eigenvalue weighted by molar-refractivity contribution is 4.99. The second kappa shape index (κ2) is 5.68. The van der Waals surface area contributed by atoms with E-state index in [9.17, 15) is 0 Å². The number of likely N-dealkylation sites (tertiary alicyclic amines) is 1. The van der Waals surface area contributed by atoms with E-state index in [2.05, 4.69) is 18.7 Å². The molecule has 2 rings (SSSR count). The van der Waals surface area contributed by atoms with Gasteiger partial charge in [-0.1, -0.05) is 6.92 Å². The van der Waals surface area contributed by atoms with E-state index in [1.54, 1.807) is 0 Å². The standard InChI is InChI=1S/C14H28N2O/c1-3-17-13-5-8-16(9-6-13)14(11-15)7-4-12(2)10-14/h12-13H,3-11,15H2,1-2H3. The lowest BCUT2D eigenvalue weighted by atomic mass is 9.91. The molecule has 1 aliphatic carbocycles. The molecule has 1 aliphatic heterocycles. The van der Waals surface area contributed by atoms with E-state index < -0.39 is 0 Å². The molecule has 2 atom stereocenters. The summed E-state index contributed by atoms with van der Waals surface area (Å²) in [5, 5.41) is 0. The van der Waals surface area contributed by atoms with Gasteiger partial charge in [-0.05, 0) is 44.9 Å². The second-order valence-electron chi connectivity index (χ2n) is 5.92. The van der Waals surface area contributed by atoms with Gasteiger partial charge in [-0.3, -0.25) is 4.90 Å². The average Bonchev–Trinajstić information content (AvgIpc) is 2.74. The zero-order valence-electron chi connectivity index (χ0n) is 11.5. The molecule has 2 fully saturated rings. The van der Waals surface area contributed by atoms with Crippen molar-refractivity contribution in [2.24, 2.45) is 11.7 Å². The Bertz CT molecular complexity index is 238. The number of nitrogens with two attached hydrogens (primary N) is 1. The first-order valence-corrected chi connectivity index (χ1v) is 7.27. The van der Waals surface area contributed by atoms with E-state index in [0.717, 1.165) is 19.1 Å². The van der Waals surface area contributed by atoms with Crippen LogP contribution in [0.1, 0.15) is 46.0 Å². The molecular formula is C14H28N2O. The molecule has 2 unspecified atom stereocenters. The van der Waals surface area contributed by atoms with Crippen LogP contribution in [-0.4, -0.2) is 42.8 Å². The molecule has 1 saturated carbocycles. The summed E-state index contributed by atoms with van der Waals surface area (Å²) >= 11 is 0. The smallest absolute Gasteiger partial charge is 0.0599 e. The van der Waals surface area contributed by atoms with Gasteiger partial charge in [-0.25, -0.2) is 0 Å². The Morgan fingerprint density at radius 3 is 2.47 bits per heavy atom. The van der Waals surface area contributed by atoms with Gasteiger partial charge in [0.15, 0.2) is 0 Å². The van der Waals surface area contributed by atoms with Crippen LogP contribution in [0.15, 0.2) is 0 Å². The summed E-state index contributed by atoms with van der Waals surface area (Å²) in [5.74, 6) is 0.850. The average molecular weight is 240 g/mol.